The number of amides is 1. The number of halogens is 1. The molecule has 0 radical (unpaired) electrons. The summed E-state index contributed by atoms with van der Waals surface area (Å²) in [6.07, 6.45) is 5.22. The minimum atomic E-state index is 0.139. The number of carbonyl (C=O) groups is 1. The van der Waals surface area contributed by atoms with Crippen molar-refractivity contribution in [1.82, 2.24) is 10.2 Å². The lowest BCUT2D eigenvalue weighted by atomic mass is 9.87. The fraction of sp³-hybridized carbons (Fsp3) is 0.435. The molecule has 1 amide bonds. The van der Waals surface area contributed by atoms with E-state index >= 15 is 0 Å². The largest absolute Gasteiger partial charge is 0.349 e. The van der Waals surface area contributed by atoms with Gasteiger partial charge in [-0.3, -0.25) is 9.69 Å². The van der Waals surface area contributed by atoms with Crippen molar-refractivity contribution in [3.8, 4) is 0 Å². The molecule has 0 unspecified atom stereocenters. The van der Waals surface area contributed by atoms with Crippen LogP contribution in [0.4, 0.5) is 0 Å². The SMILES string of the molecule is O=C(N[C@@H]1CCCc2ccccc21)C1CCN(Cc2ccc(Cl)cc2)CC1. The third-order valence-electron chi connectivity index (χ3n) is 5.96. The van der Waals surface area contributed by atoms with Crippen LogP contribution in [-0.4, -0.2) is 23.9 Å². The molecule has 1 aliphatic carbocycles. The number of carbonyl (C=O) groups excluding carboxylic acids is 1. The first-order valence-corrected chi connectivity index (χ1v) is 10.4. The molecular weight excluding hydrogens is 356 g/mol. The number of fused-ring (bicyclic) bond motifs is 1. The lowest BCUT2D eigenvalue weighted by Crippen LogP contribution is -2.41. The Balaban J connectivity index is 1.30. The average Bonchev–Trinajstić information content (AvgIpc) is 2.70. The predicted octanol–water partition coefficient (Wildman–Crippen LogP) is 4.75. The first-order valence-electron chi connectivity index (χ1n) is 10.0. The molecule has 2 aromatic rings. The van der Waals surface area contributed by atoms with Gasteiger partial charge < -0.3 is 5.32 Å². The summed E-state index contributed by atoms with van der Waals surface area (Å²) in [4.78, 5) is 15.3. The number of likely N-dealkylation sites (tertiary alicyclic amines) is 1. The van der Waals surface area contributed by atoms with E-state index in [2.05, 4.69) is 46.6 Å². The molecule has 1 saturated heterocycles. The van der Waals surface area contributed by atoms with Crippen molar-refractivity contribution >= 4 is 17.5 Å². The summed E-state index contributed by atoms with van der Waals surface area (Å²) in [5.41, 5.74) is 3.99. The Bertz CT molecular complexity index is 781. The van der Waals surface area contributed by atoms with E-state index in [1.165, 1.54) is 16.7 Å². The third-order valence-corrected chi connectivity index (χ3v) is 6.22. The number of piperidine rings is 1. The second kappa shape index (κ2) is 8.45. The Morgan fingerprint density at radius 2 is 1.78 bits per heavy atom. The van der Waals surface area contributed by atoms with Crippen LogP contribution in [0.2, 0.25) is 5.02 Å². The first-order chi connectivity index (χ1) is 13.2. The van der Waals surface area contributed by atoms with Crippen molar-refractivity contribution in [2.45, 2.75) is 44.7 Å². The monoisotopic (exact) mass is 382 g/mol. The molecule has 0 saturated carbocycles. The zero-order valence-corrected chi connectivity index (χ0v) is 16.4. The smallest absolute Gasteiger partial charge is 0.223 e. The molecule has 142 valence electrons. The topological polar surface area (TPSA) is 32.3 Å². The molecule has 4 rings (SSSR count). The summed E-state index contributed by atoms with van der Waals surface area (Å²) >= 11 is 5.96. The summed E-state index contributed by atoms with van der Waals surface area (Å²) in [5, 5.41) is 4.12. The van der Waals surface area contributed by atoms with E-state index in [9.17, 15) is 4.79 Å². The van der Waals surface area contributed by atoms with Gasteiger partial charge in [-0.15, -0.1) is 0 Å². The maximum absolute atomic E-state index is 12.8. The molecule has 1 fully saturated rings. The van der Waals surface area contributed by atoms with Crippen molar-refractivity contribution in [3.05, 3.63) is 70.2 Å². The highest BCUT2D eigenvalue weighted by atomic mass is 35.5. The zero-order valence-electron chi connectivity index (χ0n) is 15.7. The molecule has 0 aromatic heterocycles. The molecule has 1 atom stereocenters. The van der Waals surface area contributed by atoms with Gasteiger partial charge in [-0.2, -0.15) is 0 Å². The number of hydrogen-bond donors (Lipinski definition) is 1. The minimum absolute atomic E-state index is 0.139. The van der Waals surface area contributed by atoms with Gasteiger partial charge in [-0.1, -0.05) is 48.0 Å². The van der Waals surface area contributed by atoms with Crippen molar-refractivity contribution < 1.29 is 4.79 Å². The Morgan fingerprint density at radius 3 is 2.56 bits per heavy atom. The quantitative estimate of drug-likeness (QED) is 0.827. The van der Waals surface area contributed by atoms with Crippen molar-refractivity contribution in [2.75, 3.05) is 13.1 Å². The number of benzene rings is 2. The van der Waals surface area contributed by atoms with Gasteiger partial charge in [-0.25, -0.2) is 0 Å². The van der Waals surface area contributed by atoms with Crippen LogP contribution in [-0.2, 0) is 17.8 Å². The highest BCUT2D eigenvalue weighted by Gasteiger charge is 2.28. The molecule has 3 nitrogen and oxygen atoms in total. The van der Waals surface area contributed by atoms with Gasteiger partial charge >= 0.3 is 0 Å². The summed E-state index contributed by atoms with van der Waals surface area (Å²) in [5.74, 6) is 0.378. The Morgan fingerprint density at radius 1 is 1.04 bits per heavy atom. The van der Waals surface area contributed by atoms with E-state index in [0.29, 0.717) is 0 Å². The molecule has 2 aromatic carbocycles. The van der Waals surface area contributed by atoms with Gasteiger partial charge in [0.05, 0.1) is 6.04 Å². The van der Waals surface area contributed by atoms with Crippen LogP contribution < -0.4 is 5.32 Å². The van der Waals surface area contributed by atoms with E-state index in [0.717, 1.165) is 56.8 Å². The molecule has 4 heteroatoms. The fourth-order valence-corrected chi connectivity index (χ4v) is 4.52. The molecule has 0 spiro atoms. The highest BCUT2D eigenvalue weighted by Crippen LogP contribution is 2.30. The lowest BCUT2D eigenvalue weighted by Gasteiger charge is -2.33. The van der Waals surface area contributed by atoms with E-state index in [4.69, 9.17) is 11.6 Å². The van der Waals surface area contributed by atoms with Crippen LogP contribution in [0.15, 0.2) is 48.5 Å². The van der Waals surface area contributed by atoms with Crippen LogP contribution >= 0.6 is 11.6 Å². The number of aryl methyl sites for hydroxylation is 1. The van der Waals surface area contributed by atoms with Gasteiger partial charge in [0.25, 0.3) is 0 Å². The fourth-order valence-electron chi connectivity index (χ4n) is 4.39. The number of rotatable bonds is 4. The zero-order chi connectivity index (χ0) is 18.6. The van der Waals surface area contributed by atoms with Crippen LogP contribution in [0.1, 0.15) is 48.4 Å². The second-order valence-corrected chi connectivity index (χ2v) is 8.27. The van der Waals surface area contributed by atoms with Crippen LogP contribution in [0.5, 0.6) is 0 Å². The van der Waals surface area contributed by atoms with E-state index < -0.39 is 0 Å². The molecule has 1 N–H and O–H groups in total. The number of nitrogens with one attached hydrogen (secondary N) is 1. The standard InChI is InChI=1S/C23H27ClN2O/c24-20-10-8-17(9-11-20)16-26-14-12-19(13-15-26)23(27)25-22-7-3-5-18-4-1-2-6-21(18)22/h1-2,4,6,8-11,19,22H,3,5,7,12-16H2,(H,25,27)/t22-/m1/s1. The minimum Gasteiger partial charge on any atom is -0.349 e. The van der Waals surface area contributed by atoms with Gasteiger partial charge in [0.2, 0.25) is 5.91 Å². The van der Waals surface area contributed by atoms with Crippen LogP contribution in [0.3, 0.4) is 0 Å². The van der Waals surface area contributed by atoms with Gasteiger partial charge in [0.1, 0.15) is 0 Å². The number of nitrogens with zero attached hydrogens (tertiary/aromatic N) is 1. The summed E-state index contributed by atoms with van der Waals surface area (Å²) in [6.45, 7) is 2.88. The second-order valence-electron chi connectivity index (χ2n) is 7.83. The summed E-state index contributed by atoms with van der Waals surface area (Å²) in [7, 11) is 0. The maximum Gasteiger partial charge on any atom is 0.223 e. The van der Waals surface area contributed by atoms with Crippen LogP contribution in [0.25, 0.3) is 0 Å². The van der Waals surface area contributed by atoms with Crippen molar-refractivity contribution in [1.29, 1.82) is 0 Å². The Kier molecular flexibility index (Phi) is 5.80. The van der Waals surface area contributed by atoms with Crippen LogP contribution in [0, 0.1) is 5.92 Å². The van der Waals surface area contributed by atoms with Gasteiger partial charge in [0, 0.05) is 17.5 Å². The van der Waals surface area contributed by atoms with E-state index in [1.807, 2.05) is 12.1 Å². The molecule has 0 bridgehead atoms. The molecular formula is C23H27ClN2O. The average molecular weight is 383 g/mol. The third kappa shape index (κ3) is 4.53. The van der Waals surface area contributed by atoms with E-state index in [-0.39, 0.29) is 17.9 Å². The summed E-state index contributed by atoms with van der Waals surface area (Å²) in [6, 6.07) is 16.8. The van der Waals surface area contributed by atoms with E-state index in [1.54, 1.807) is 0 Å². The molecule has 2 aliphatic rings. The Labute approximate surface area is 166 Å². The van der Waals surface area contributed by atoms with Crippen molar-refractivity contribution in [3.63, 3.8) is 0 Å². The summed E-state index contributed by atoms with van der Waals surface area (Å²) < 4.78 is 0. The van der Waals surface area contributed by atoms with Crippen molar-refractivity contribution in [2.24, 2.45) is 5.92 Å². The van der Waals surface area contributed by atoms with Gasteiger partial charge in [-0.05, 0) is 74.0 Å². The number of hydrogen-bond acceptors (Lipinski definition) is 2. The molecule has 27 heavy (non-hydrogen) atoms. The maximum atomic E-state index is 12.8. The molecule has 1 aliphatic heterocycles. The first kappa shape index (κ1) is 18.5. The Hall–Kier alpha value is -1.84. The molecule has 1 heterocycles. The lowest BCUT2D eigenvalue weighted by molar-refractivity contribution is -0.127. The predicted molar refractivity (Wildman–Crippen MR) is 110 cm³/mol. The van der Waals surface area contributed by atoms with Gasteiger partial charge in [0.15, 0.2) is 0 Å². The normalized spacial score (nSPS) is 20.9. The highest BCUT2D eigenvalue weighted by molar-refractivity contribution is 6.30.